The molecule has 0 atom stereocenters. The van der Waals surface area contributed by atoms with Crippen molar-refractivity contribution >= 4 is 46.6 Å². The number of amides is 2. The van der Waals surface area contributed by atoms with E-state index in [1.165, 1.54) is 18.2 Å². The van der Waals surface area contributed by atoms with Crippen molar-refractivity contribution in [3.05, 3.63) is 58.6 Å². The first-order valence-electron chi connectivity index (χ1n) is 9.10. The van der Waals surface area contributed by atoms with Gasteiger partial charge in [0.1, 0.15) is 17.6 Å². The van der Waals surface area contributed by atoms with Crippen molar-refractivity contribution in [3.63, 3.8) is 0 Å². The van der Waals surface area contributed by atoms with Crippen LogP contribution in [0.5, 0.6) is 17.2 Å². The fraction of sp³-hybridized carbons (Fsp3) is 0.143. The fourth-order valence-corrected chi connectivity index (χ4v) is 2.91. The minimum absolute atomic E-state index is 0.0571. The number of hydrogen-bond donors (Lipinski definition) is 3. The molecule has 0 spiro atoms. The Morgan fingerprint density at radius 2 is 1.97 bits per heavy atom. The van der Waals surface area contributed by atoms with Crippen molar-refractivity contribution in [2.75, 3.05) is 12.0 Å². The number of hydrazone groups is 1. The lowest BCUT2D eigenvalue weighted by atomic mass is 10.1. The zero-order valence-electron chi connectivity index (χ0n) is 16.8. The van der Waals surface area contributed by atoms with Crippen molar-refractivity contribution < 1.29 is 24.2 Å². The maximum Gasteiger partial charge on any atom is 0.414 e. The fourth-order valence-electron chi connectivity index (χ4n) is 2.35. The molecule has 0 aliphatic rings. The molecule has 2 amide bonds. The van der Waals surface area contributed by atoms with Gasteiger partial charge in [0, 0.05) is 5.56 Å². The normalized spacial score (nSPS) is 10.6. The highest BCUT2D eigenvalue weighted by Crippen LogP contribution is 2.39. The number of ether oxygens (including phenoxy) is 2. The summed E-state index contributed by atoms with van der Waals surface area (Å²) < 4.78 is 10.3. The summed E-state index contributed by atoms with van der Waals surface area (Å²) in [6, 6.07) is 9.04. The molecule has 3 N–H and O–H groups in total. The summed E-state index contributed by atoms with van der Waals surface area (Å²) in [6.07, 6.45) is 1.08. The quantitative estimate of drug-likeness (QED) is 0.283. The third kappa shape index (κ3) is 6.63. The third-order valence-electron chi connectivity index (χ3n) is 3.74. The molecule has 0 aliphatic heterocycles. The van der Waals surface area contributed by atoms with E-state index in [-0.39, 0.29) is 33.8 Å². The van der Waals surface area contributed by atoms with Crippen LogP contribution in [0.4, 0.5) is 10.5 Å². The summed E-state index contributed by atoms with van der Waals surface area (Å²) in [5.41, 5.74) is 2.72. The Labute approximate surface area is 193 Å². The molecule has 0 heterocycles. The molecule has 2 rings (SSSR count). The summed E-state index contributed by atoms with van der Waals surface area (Å²) in [6.45, 7) is 5.26. The maximum atomic E-state index is 11.9. The van der Waals surface area contributed by atoms with Gasteiger partial charge in [0.15, 0.2) is 5.75 Å². The molecule has 32 heavy (non-hydrogen) atoms. The minimum atomic E-state index is -1.04. The monoisotopic (exact) mass is 476 g/mol. The lowest BCUT2D eigenvalue weighted by Gasteiger charge is -2.13. The standard InChI is InChI=1S/C21H18Cl2N4O5/c1-3-5-12-8-14(6-7-18(12)28)32-19-15(22)9-13(10-16(19)23)26-27-17(11-24)20(29)25-21(30)31-4-2/h3,6-10,26,28H,1,4-5H2,2H3,(H,25,29,30). The van der Waals surface area contributed by atoms with Crippen LogP contribution >= 0.6 is 23.2 Å². The van der Waals surface area contributed by atoms with Gasteiger partial charge in [-0.05, 0) is 43.7 Å². The molecule has 11 heteroatoms. The van der Waals surface area contributed by atoms with E-state index in [1.807, 2.05) is 5.32 Å². The number of phenolic OH excluding ortho intramolecular Hbond substituents is 1. The molecule has 0 fully saturated rings. The van der Waals surface area contributed by atoms with Gasteiger partial charge in [0.25, 0.3) is 5.91 Å². The molecule has 166 valence electrons. The number of nitrogens with zero attached hydrogens (tertiary/aromatic N) is 2. The van der Waals surface area contributed by atoms with Gasteiger partial charge in [0.05, 0.1) is 22.3 Å². The smallest absolute Gasteiger partial charge is 0.414 e. The van der Waals surface area contributed by atoms with Gasteiger partial charge in [-0.25, -0.2) is 4.79 Å². The number of imide groups is 1. The highest BCUT2D eigenvalue weighted by Gasteiger charge is 2.16. The molecule has 2 aromatic rings. The number of benzene rings is 2. The topological polar surface area (TPSA) is 133 Å². The summed E-state index contributed by atoms with van der Waals surface area (Å²) in [7, 11) is 0. The predicted octanol–water partition coefficient (Wildman–Crippen LogP) is 4.78. The molecular formula is C21H18Cl2N4O5. The number of carbonyl (C=O) groups excluding carboxylic acids is 2. The van der Waals surface area contributed by atoms with Gasteiger partial charge in [-0.3, -0.25) is 15.5 Å². The van der Waals surface area contributed by atoms with Crippen molar-refractivity contribution in [3.8, 4) is 23.3 Å². The van der Waals surface area contributed by atoms with E-state index in [9.17, 15) is 14.7 Å². The summed E-state index contributed by atoms with van der Waals surface area (Å²) in [5, 5.41) is 24.7. The van der Waals surface area contributed by atoms with Gasteiger partial charge >= 0.3 is 6.09 Å². The number of halogens is 2. The largest absolute Gasteiger partial charge is 0.508 e. The number of hydrogen-bond acceptors (Lipinski definition) is 8. The van der Waals surface area contributed by atoms with Crippen molar-refractivity contribution in [1.29, 1.82) is 5.26 Å². The molecule has 0 radical (unpaired) electrons. The summed E-state index contributed by atoms with van der Waals surface area (Å²) in [5.74, 6) is -0.395. The van der Waals surface area contributed by atoms with Crippen LogP contribution in [0, 0.1) is 11.3 Å². The van der Waals surface area contributed by atoms with Gasteiger partial charge in [0.2, 0.25) is 5.71 Å². The van der Waals surface area contributed by atoms with Crippen LogP contribution in [-0.4, -0.2) is 29.4 Å². The average Bonchev–Trinajstić information content (AvgIpc) is 2.73. The SMILES string of the molecule is C=CCc1cc(Oc2c(Cl)cc(NN=C(C#N)C(=O)NC(=O)OCC)cc2Cl)ccc1O. The van der Waals surface area contributed by atoms with Crippen molar-refractivity contribution in [1.82, 2.24) is 5.32 Å². The Hall–Kier alpha value is -3.74. The first-order chi connectivity index (χ1) is 15.3. The number of nitriles is 1. The predicted molar refractivity (Wildman–Crippen MR) is 120 cm³/mol. The number of rotatable bonds is 8. The number of allylic oxidation sites excluding steroid dienone is 1. The Kier molecular flexibility index (Phi) is 8.89. The van der Waals surface area contributed by atoms with E-state index in [0.29, 0.717) is 17.7 Å². The highest BCUT2D eigenvalue weighted by atomic mass is 35.5. The lowest BCUT2D eigenvalue weighted by Crippen LogP contribution is -2.36. The maximum absolute atomic E-state index is 11.9. The summed E-state index contributed by atoms with van der Waals surface area (Å²) in [4.78, 5) is 23.2. The van der Waals surface area contributed by atoms with Gasteiger partial charge in [-0.1, -0.05) is 29.3 Å². The molecule has 2 aromatic carbocycles. The number of carbonyl (C=O) groups is 2. The first-order valence-corrected chi connectivity index (χ1v) is 9.86. The average molecular weight is 477 g/mol. The Bertz CT molecular complexity index is 1090. The van der Waals surface area contributed by atoms with Crippen LogP contribution in [0.2, 0.25) is 10.0 Å². The molecule has 0 bridgehead atoms. The van der Waals surface area contributed by atoms with Crippen LogP contribution in [0.1, 0.15) is 12.5 Å². The first kappa shape index (κ1) is 24.5. The second kappa shape index (κ2) is 11.6. The molecule has 0 aromatic heterocycles. The zero-order chi connectivity index (χ0) is 23.7. The number of aromatic hydroxyl groups is 1. The number of alkyl carbamates (subject to hydrolysis) is 1. The van der Waals surface area contributed by atoms with E-state index in [0.717, 1.165) is 0 Å². The van der Waals surface area contributed by atoms with Gasteiger partial charge in [-0.15, -0.1) is 6.58 Å². The second-order valence-corrected chi connectivity index (χ2v) is 6.83. The van der Waals surface area contributed by atoms with E-state index in [1.54, 1.807) is 31.2 Å². The molecule has 0 saturated heterocycles. The van der Waals surface area contributed by atoms with E-state index < -0.39 is 17.7 Å². The zero-order valence-corrected chi connectivity index (χ0v) is 18.3. The van der Waals surface area contributed by atoms with Crippen molar-refractivity contribution in [2.24, 2.45) is 5.10 Å². The molecule has 0 saturated carbocycles. The Morgan fingerprint density at radius 1 is 1.28 bits per heavy atom. The minimum Gasteiger partial charge on any atom is -0.508 e. The molecule has 0 unspecified atom stereocenters. The van der Waals surface area contributed by atoms with E-state index >= 15 is 0 Å². The van der Waals surface area contributed by atoms with Crippen LogP contribution in [-0.2, 0) is 16.0 Å². The van der Waals surface area contributed by atoms with E-state index in [4.69, 9.17) is 33.2 Å². The van der Waals surface area contributed by atoms with Crippen LogP contribution < -0.4 is 15.5 Å². The number of nitrogens with one attached hydrogen (secondary N) is 2. The number of phenols is 1. The lowest BCUT2D eigenvalue weighted by molar-refractivity contribution is -0.114. The highest BCUT2D eigenvalue weighted by molar-refractivity contribution is 6.47. The van der Waals surface area contributed by atoms with Crippen LogP contribution in [0.25, 0.3) is 0 Å². The van der Waals surface area contributed by atoms with E-state index in [2.05, 4.69) is 21.8 Å². The molecule has 0 aliphatic carbocycles. The van der Waals surface area contributed by atoms with Crippen molar-refractivity contribution in [2.45, 2.75) is 13.3 Å². The van der Waals surface area contributed by atoms with Gasteiger partial charge in [-0.2, -0.15) is 10.4 Å². The van der Waals surface area contributed by atoms with Crippen LogP contribution in [0.15, 0.2) is 48.1 Å². The molecular weight excluding hydrogens is 459 g/mol. The second-order valence-electron chi connectivity index (χ2n) is 6.01. The van der Waals surface area contributed by atoms with Crippen LogP contribution in [0.3, 0.4) is 0 Å². The molecule has 9 nitrogen and oxygen atoms in total. The number of anilines is 1. The summed E-state index contributed by atoms with van der Waals surface area (Å²) >= 11 is 12.5. The third-order valence-corrected chi connectivity index (χ3v) is 4.30. The Balaban J connectivity index is 2.18. The van der Waals surface area contributed by atoms with Gasteiger partial charge < -0.3 is 14.6 Å². The Morgan fingerprint density at radius 3 is 2.56 bits per heavy atom.